The van der Waals surface area contributed by atoms with Crippen molar-refractivity contribution < 1.29 is 13.2 Å². The first kappa shape index (κ1) is 11.6. The average molecular weight is 267 g/mol. The van der Waals surface area contributed by atoms with E-state index in [0.717, 1.165) is 4.47 Å². The number of hydrogen-bond donors (Lipinski definition) is 0. The minimum absolute atomic E-state index is 0.483. The van der Waals surface area contributed by atoms with E-state index in [1.807, 2.05) is 0 Å². The van der Waals surface area contributed by atoms with Crippen molar-refractivity contribution in [1.82, 2.24) is 0 Å². The number of hydrogen-bond acceptors (Lipinski definition) is 0. The summed E-state index contributed by atoms with van der Waals surface area (Å²) >= 11 is 3.23. The fourth-order valence-electron chi connectivity index (χ4n) is 1.26. The summed E-state index contributed by atoms with van der Waals surface area (Å²) in [6, 6.07) is 6.92. The summed E-state index contributed by atoms with van der Waals surface area (Å²) in [5.74, 6) is -0.483. The van der Waals surface area contributed by atoms with Crippen molar-refractivity contribution in [1.29, 1.82) is 0 Å². The third-order valence-electron chi connectivity index (χ3n) is 1.98. The summed E-state index contributed by atoms with van der Waals surface area (Å²) in [5.41, 5.74) is 0.713. The largest absolute Gasteiger partial charge is 0.389 e. The van der Waals surface area contributed by atoms with Gasteiger partial charge in [0.15, 0.2) is 0 Å². The molecule has 0 aliphatic carbocycles. The Labute approximate surface area is 89.3 Å². The van der Waals surface area contributed by atoms with Crippen LogP contribution < -0.4 is 0 Å². The van der Waals surface area contributed by atoms with Crippen LogP contribution in [-0.4, -0.2) is 6.18 Å². The van der Waals surface area contributed by atoms with Gasteiger partial charge in [0, 0.05) is 4.47 Å². The zero-order chi connectivity index (χ0) is 10.8. The lowest BCUT2D eigenvalue weighted by molar-refractivity contribution is -0.137. The number of alkyl halides is 3. The minimum atomic E-state index is -4.09. The van der Waals surface area contributed by atoms with Crippen LogP contribution in [0.3, 0.4) is 0 Å². The molecule has 0 N–H and O–H groups in total. The fourth-order valence-corrected chi connectivity index (χ4v) is 1.52. The van der Waals surface area contributed by atoms with Crippen LogP contribution in [0, 0.1) is 0 Å². The molecule has 0 heterocycles. The van der Waals surface area contributed by atoms with Crippen LogP contribution in [0.4, 0.5) is 13.2 Å². The quantitative estimate of drug-likeness (QED) is 0.739. The predicted octanol–water partition coefficient (Wildman–Crippen LogP) is 4.51. The zero-order valence-electron chi connectivity index (χ0n) is 7.61. The molecule has 0 nitrogen and oxygen atoms in total. The van der Waals surface area contributed by atoms with Gasteiger partial charge in [-0.05, 0) is 23.6 Å². The molecule has 78 valence electrons. The second-order valence-corrected chi connectivity index (χ2v) is 4.19. The molecule has 0 bridgehead atoms. The molecule has 0 radical (unpaired) electrons. The van der Waals surface area contributed by atoms with E-state index in [0.29, 0.717) is 5.56 Å². The average Bonchev–Trinajstić information content (AvgIpc) is 2.02. The van der Waals surface area contributed by atoms with Gasteiger partial charge in [0.2, 0.25) is 0 Å². The Hall–Kier alpha value is -0.510. The standard InChI is InChI=1S/C10H10BrF3/c1-7(6-10(12,13)14)8-2-4-9(11)5-3-8/h2-5,7H,6H2,1H3. The Morgan fingerprint density at radius 1 is 1.21 bits per heavy atom. The van der Waals surface area contributed by atoms with E-state index in [9.17, 15) is 13.2 Å². The van der Waals surface area contributed by atoms with Gasteiger partial charge in [0.25, 0.3) is 0 Å². The van der Waals surface area contributed by atoms with Crippen LogP contribution in [0.5, 0.6) is 0 Å². The Bertz CT molecular complexity index is 289. The number of benzene rings is 1. The molecule has 1 rings (SSSR count). The Kier molecular flexibility index (Phi) is 3.59. The van der Waals surface area contributed by atoms with Gasteiger partial charge < -0.3 is 0 Å². The highest BCUT2D eigenvalue weighted by molar-refractivity contribution is 9.10. The van der Waals surface area contributed by atoms with Gasteiger partial charge in [-0.3, -0.25) is 0 Å². The van der Waals surface area contributed by atoms with Gasteiger partial charge in [-0.2, -0.15) is 13.2 Å². The highest BCUT2D eigenvalue weighted by Crippen LogP contribution is 2.31. The van der Waals surface area contributed by atoms with Crippen molar-refractivity contribution in [2.24, 2.45) is 0 Å². The van der Waals surface area contributed by atoms with Gasteiger partial charge in [-0.1, -0.05) is 35.0 Å². The van der Waals surface area contributed by atoms with Crippen molar-refractivity contribution >= 4 is 15.9 Å². The molecule has 0 amide bonds. The minimum Gasteiger partial charge on any atom is -0.171 e. The topological polar surface area (TPSA) is 0 Å². The molecule has 0 aromatic heterocycles. The maximum Gasteiger partial charge on any atom is 0.389 e. The lowest BCUT2D eigenvalue weighted by atomic mass is 9.98. The number of rotatable bonds is 2. The van der Waals surface area contributed by atoms with E-state index < -0.39 is 18.5 Å². The molecular formula is C10H10BrF3. The molecule has 0 aliphatic rings. The Morgan fingerprint density at radius 3 is 2.14 bits per heavy atom. The first-order chi connectivity index (χ1) is 6.38. The molecule has 0 spiro atoms. The number of halogens is 4. The normalized spacial score (nSPS) is 14.1. The smallest absolute Gasteiger partial charge is 0.171 e. The van der Waals surface area contributed by atoms with Crippen LogP contribution in [0.1, 0.15) is 24.8 Å². The molecule has 1 unspecified atom stereocenters. The van der Waals surface area contributed by atoms with E-state index in [1.165, 1.54) is 0 Å². The summed E-state index contributed by atoms with van der Waals surface area (Å²) in [7, 11) is 0. The molecule has 0 fully saturated rings. The first-order valence-corrected chi connectivity index (χ1v) is 5.00. The van der Waals surface area contributed by atoms with E-state index in [-0.39, 0.29) is 0 Å². The van der Waals surface area contributed by atoms with Gasteiger partial charge in [0.05, 0.1) is 6.42 Å². The highest BCUT2D eigenvalue weighted by atomic mass is 79.9. The van der Waals surface area contributed by atoms with Crippen LogP contribution in [0.25, 0.3) is 0 Å². The van der Waals surface area contributed by atoms with Crippen molar-refractivity contribution in [2.45, 2.75) is 25.4 Å². The van der Waals surface area contributed by atoms with Crippen molar-refractivity contribution in [3.63, 3.8) is 0 Å². The highest BCUT2D eigenvalue weighted by Gasteiger charge is 2.30. The van der Waals surface area contributed by atoms with E-state index in [4.69, 9.17) is 0 Å². The van der Waals surface area contributed by atoms with Gasteiger partial charge in [0.1, 0.15) is 0 Å². The Morgan fingerprint density at radius 2 is 1.71 bits per heavy atom. The molecule has 0 saturated heterocycles. The summed E-state index contributed by atoms with van der Waals surface area (Å²) in [6.45, 7) is 1.58. The molecule has 1 aromatic carbocycles. The summed E-state index contributed by atoms with van der Waals surface area (Å²) in [6.07, 6.45) is -4.86. The molecule has 1 aromatic rings. The molecule has 4 heteroatoms. The monoisotopic (exact) mass is 266 g/mol. The van der Waals surface area contributed by atoms with Gasteiger partial charge in [-0.25, -0.2) is 0 Å². The molecule has 0 saturated carbocycles. The molecule has 0 aliphatic heterocycles. The maximum absolute atomic E-state index is 12.1. The third kappa shape index (κ3) is 3.70. The van der Waals surface area contributed by atoms with Gasteiger partial charge in [-0.15, -0.1) is 0 Å². The van der Waals surface area contributed by atoms with Crippen LogP contribution in [-0.2, 0) is 0 Å². The van der Waals surface area contributed by atoms with Crippen molar-refractivity contribution in [2.75, 3.05) is 0 Å². The van der Waals surface area contributed by atoms with Crippen LogP contribution in [0.2, 0.25) is 0 Å². The second-order valence-electron chi connectivity index (χ2n) is 3.27. The first-order valence-electron chi connectivity index (χ1n) is 4.21. The lowest BCUT2D eigenvalue weighted by Gasteiger charge is -2.14. The second kappa shape index (κ2) is 4.34. The van der Waals surface area contributed by atoms with Crippen LogP contribution in [0.15, 0.2) is 28.7 Å². The third-order valence-corrected chi connectivity index (χ3v) is 2.51. The molecular weight excluding hydrogens is 257 g/mol. The summed E-state index contributed by atoms with van der Waals surface area (Å²) in [5, 5.41) is 0. The molecule has 14 heavy (non-hydrogen) atoms. The SMILES string of the molecule is CC(CC(F)(F)F)c1ccc(Br)cc1. The van der Waals surface area contributed by atoms with E-state index in [2.05, 4.69) is 15.9 Å². The van der Waals surface area contributed by atoms with Crippen molar-refractivity contribution in [3.8, 4) is 0 Å². The van der Waals surface area contributed by atoms with Crippen LogP contribution >= 0.6 is 15.9 Å². The van der Waals surface area contributed by atoms with E-state index >= 15 is 0 Å². The Balaban J connectivity index is 2.70. The maximum atomic E-state index is 12.1. The zero-order valence-corrected chi connectivity index (χ0v) is 9.19. The predicted molar refractivity (Wildman–Crippen MR) is 53.2 cm³/mol. The van der Waals surface area contributed by atoms with E-state index in [1.54, 1.807) is 31.2 Å². The lowest BCUT2D eigenvalue weighted by Crippen LogP contribution is -2.11. The van der Waals surface area contributed by atoms with Crippen molar-refractivity contribution in [3.05, 3.63) is 34.3 Å². The summed E-state index contributed by atoms with van der Waals surface area (Å²) in [4.78, 5) is 0. The fraction of sp³-hybridized carbons (Fsp3) is 0.400. The van der Waals surface area contributed by atoms with Gasteiger partial charge >= 0.3 is 6.18 Å². The summed E-state index contributed by atoms with van der Waals surface area (Å²) < 4.78 is 37.1. The molecule has 1 atom stereocenters.